The second-order valence-corrected chi connectivity index (χ2v) is 5.56. The van der Waals surface area contributed by atoms with Crippen LogP contribution in [0.3, 0.4) is 0 Å². The summed E-state index contributed by atoms with van der Waals surface area (Å²) in [6, 6.07) is 11.7. The third kappa shape index (κ3) is 6.42. The monoisotopic (exact) mass is 491 g/mol. The first kappa shape index (κ1) is 21.0. The highest BCUT2D eigenvalue weighted by Crippen LogP contribution is 2.32. The lowest BCUT2D eigenvalue weighted by molar-refractivity contribution is -0.0498. The minimum Gasteiger partial charge on any atom is -0.490 e. The summed E-state index contributed by atoms with van der Waals surface area (Å²) in [6.45, 7) is -1.42. The zero-order valence-corrected chi connectivity index (χ0v) is 16.7. The number of hydrogen-bond acceptors (Lipinski definition) is 4. The van der Waals surface area contributed by atoms with E-state index in [4.69, 9.17) is 15.2 Å². The molecule has 27 heavy (non-hydrogen) atoms. The molecule has 0 aliphatic carbocycles. The molecule has 0 aromatic heterocycles. The van der Waals surface area contributed by atoms with Crippen molar-refractivity contribution in [2.45, 2.75) is 19.6 Å². The van der Waals surface area contributed by atoms with E-state index in [1.165, 1.54) is 12.1 Å². The number of fused-ring (bicyclic) bond motifs is 1. The first-order valence-electron chi connectivity index (χ1n) is 8.10. The number of halogens is 3. The average Bonchev–Trinajstić information content (AvgIpc) is 2.85. The van der Waals surface area contributed by atoms with Crippen molar-refractivity contribution in [1.82, 2.24) is 0 Å². The van der Waals surface area contributed by atoms with Gasteiger partial charge in [0.15, 0.2) is 17.5 Å². The second-order valence-electron chi connectivity index (χ2n) is 5.56. The fourth-order valence-electron chi connectivity index (χ4n) is 2.42. The molecule has 0 saturated carbocycles. The molecule has 0 bridgehead atoms. The fourth-order valence-corrected chi connectivity index (χ4v) is 2.42. The summed E-state index contributed by atoms with van der Waals surface area (Å²) in [7, 11) is 0. The predicted molar refractivity (Wildman–Crippen MR) is 109 cm³/mol. The van der Waals surface area contributed by atoms with Gasteiger partial charge in [0.1, 0.15) is 5.75 Å². The molecule has 3 rings (SSSR count). The largest absolute Gasteiger partial charge is 0.490 e. The number of nitrogens with zero attached hydrogens (tertiary/aromatic N) is 1. The van der Waals surface area contributed by atoms with E-state index in [1.807, 2.05) is 6.07 Å². The van der Waals surface area contributed by atoms with Gasteiger partial charge in [0.2, 0.25) is 0 Å². The van der Waals surface area contributed by atoms with Crippen LogP contribution >= 0.6 is 24.0 Å². The molecule has 0 radical (unpaired) electrons. The number of ether oxygens (including phenoxy) is 3. The first-order valence-corrected chi connectivity index (χ1v) is 8.10. The normalized spacial score (nSPS) is 13.5. The standard InChI is InChI=1S/C18H19F2N3O3.HI/c19-17(20)26-14-4-1-3-12(9-14)11-22-18(21)23-13-5-6-15-16(10-13)25-8-2-7-24-15;/h1,3-6,9-10,17H,2,7-8,11H2,(H3,21,22,23);1H. The molecule has 1 heterocycles. The third-order valence-corrected chi connectivity index (χ3v) is 3.58. The highest BCUT2D eigenvalue weighted by molar-refractivity contribution is 14.0. The smallest absolute Gasteiger partial charge is 0.387 e. The van der Waals surface area contributed by atoms with E-state index in [-0.39, 0.29) is 42.2 Å². The highest BCUT2D eigenvalue weighted by atomic mass is 127. The van der Waals surface area contributed by atoms with E-state index >= 15 is 0 Å². The summed E-state index contributed by atoms with van der Waals surface area (Å²) in [5, 5.41) is 2.97. The Morgan fingerprint density at radius 1 is 1.15 bits per heavy atom. The molecule has 0 unspecified atom stereocenters. The number of hydrogen-bond donors (Lipinski definition) is 2. The Kier molecular flexibility index (Phi) is 7.89. The number of alkyl halides is 2. The van der Waals surface area contributed by atoms with Crippen LogP contribution in [0.5, 0.6) is 17.2 Å². The van der Waals surface area contributed by atoms with Gasteiger partial charge in [-0.2, -0.15) is 8.78 Å². The number of nitrogens with one attached hydrogen (secondary N) is 1. The lowest BCUT2D eigenvalue weighted by Crippen LogP contribution is -2.22. The second kappa shape index (κ2) is 10.1. The van der Waals surface area contributed by atoms with Gasteiger partial charge in [-0.05, 0) is 29.8 Å². The molecule has 2 aromatic rings. The number of anilines is 1. The minimum absolute atomic E-state index is 0. The zero-order valence-electron chi connectivity index (χ0n) is 14.4. The van der Waals surface area contributed by atoms with Gasteiger partial charge in [-0.3, -0.25) is 0 Å². The lowest BCUT2D eigenvalue weighted by atomic mass is 10.2. The Bertz CT molecular complexity index is 790. The van der Waals surface area contributed by atoms with Gasteiger partial charge in [-0.25, -0.2) is 4.99 Å². The van der Waals surface area contributed by atoms with Crippen molar-refractivity contribution in [3.63, 3.8) is 0 Å². The summed E-state index contributed by atoms with van der Waals surface area (Å²) < 4.78 is 40.1. The minimum atomic E-state index is -2.86. The van der Waals surface area contributed by atoms with Crippen molar-refractivity contribution >= 4 is 35.6 Å². The van der Waals surface area contributed by atoms with Gasteiger partial charge in [0.05, 0.1) is 19.8 Å². The molecule has 1 aliphatic rings. The summed E-state index contributed by atoms with van der Waals surface area (Å²) >= 11 is 0. The molecule has 0 spiro atoms. The molecular weight excluding hydrogens is 471 g/mol. The Morgan fingerprint density at radius 2 is 1.93 bits per heavy atom. The van der Waals surface area contributed by atoms with Crippen molar-refractivity contribution in [3.8, 4) is 17.2 Å². The van der Waals surface area contributed by atoms with Crippen LogP contribution in [-0.4, -0.2) is 25.8 Å². The van der Waals surface area contributed by atoms with Gasteiger partial charge in [-0.1, -0.05) is 12.1 Å². The molecule has 9 heteroatoms. The van der Waals surface area contributed by atoms with Crippen LogP contribution < -0.4 is 25.3 Å². The predicted octanol–water partition coefficient (Wildman–Crippen LogP) is 3.99. The molecule has 2 aromatic carbocycles. The van der Waals surface area contributed by atoms with Crippen LogP contribution in [0.25, 0.3) is 0 Å². The quantitative estimate of drug-likeness (QED) is 0.376. The number of aliphatic imine (C=N–C) groups is 1. The number of guanidine groups is 1. The first-order chi connectivity index (χ1) is 12.6. The van der Waals surface area contributed by atoms with Crippen molar-refractivity contribution in [1.29, 1.82) is 0 Å². The van der Waals surface area contributed by atoms with E-state index < -0.39 is 6.61 Å². The van der Waals surface area contributed by atoms with Crippen LogP contribution in [0.15, 0.2) is 47.5 Å². The van der Waals surface area contributed by atoms with E-state index in [0.29, 0.717) is 36.0 Å². The van der Waals surface area contributed by atoms with Crippen molar-refractivity contribution in [2.75, 3.05) is 18.5 Å². The molecule has 0 atom stereocenters. The van der Waals surface area contributed by atoms with Crippen LogP contribution in [-0.2, 0) is 6.54 Å². The van der Waals surface area contributed by atoms with Crippen molar-refractivity contribution in [3.05, 3.63) is 48.0 Å². The lowest BCUT2D eigenvalue weighted by Gasteiger charge is -2.11. The van der Waals surface area contributed by atoms with E-state index in [1.54, 1.807) is 24.3 Å². The maximum Gasteiger partial charge on any atom is 0.387 e. The zero-order chi connectivity index (χ0) is 18.4. The van der Waals surface area contributed by atoms with Crippen LogP contribution in [0.2, 0.25) is 0 Å². The maximum atomic E-state index is 12.3. The summed E-state index contributed by atoms with van der Waals surface area (Å²) in [5.41, 5.74) is 7.31. The van der Waals surface area contributed by atoms with Gasteiger partial charge in [-0.15, -0.1) is 24.0 Å². The van der Waals surface area contributed by atoms with Gasteiger partial charge in [0.25, 0.3) is 0 Å². The Morgan fingerprint density at radius 3 is 2.70 bits per heavy atom. The van der Waals surface area contributed by atoms with E-state index in [9.17, 15) is 8.78 Å². The molecular formula is C18H20F2IN3O3. The van der Waals surface area contributed by atoms with Crippen LogP contribution in [0, 0.1) is 0 Å². The van der Waals surface area contributed by atoms with Gasteiger partial charge < -0.3 is 25.3 Å². The van der Waals surface area contributed by atoms with Crippen molar-refractivity contribution in [2.24, 2.45) is 10.7 Å². The SMILES string of the molecule is I.NC(=NCc1cccc(OC(F)F)c1)Nc1ccc2c(c1)OCCCO2. The molecule has 146 valence electrons. The van der Waals surface area contributed by atoms with E-state index in [2.05, 4.69) is 15.0 Å². The number of nitrogens with two attached hydrogens (primary N) is 1. The molecule has 0 fully saturated rings. The highest BCUT2D eigenvalue weighted by Gasteiger charge is 2.11. The van der Waals surface area contributed by atoms with Crippen LogP contribution in [0.4, 0.5) is 14.5 Å². The molecule has 1 aliphatic heterocycles. The summed E-state index contributed by atoms with van der Waals surface area (Å²) in [5.74, 6) is 1.62. The molecule has 3 N–H and O–H groups in total. The van der Waals surface area contributed by atoms with Crippen LogP contribution in [0.1, 0.15) is 12.0 Å². The molecule has 0 saturated heterocycles. The topological polar surface area (TPSA) is 78.1 Å². The summed E-state index contributed by atoms with van der Waals surface area (Å²) in [4.78, 5) is 4.21. The Labute approximate surface area is 172 Å². The molecule has 6 nitrogen and oxygen atoms in total. The molecule has 0 amide bonds. The van der Waals surface area contributed by atoms with Crippen molar-refractivity contribution < 1.29 is 23.0 Å². The summed E-state index contributed by atoms with van der Waals surface area (Å²) in [6.07, 6.45) is 0.829. The number of rotatable bonds is 5. The Balaban J connectivity index is 0.00000261. The third-order valence-electron chi connectivity index (χ3n) is 3.58. The number of benzene rings is 2. The maximum absolute atomic E-state index is 12.3. The Hall–Kier alpha value is -2.30. The fraction of sp³-hybridized carbons (Fsp3) is 0.278. The van der Waals surface area contributed by atoms with Gasteiger partial charge in [0, 0.05) is 18.2 Å². The van der Waals surface area contributed by atoms with E-state index in [0.717, 1.165) is 6.42 Å². The average molecular weight is 491 g/mol. The van der Waals surface area contributed by atoms with Gasteiger partial charge >= 0.3 is 6.61 Å².